The first-order chi connectivity index (χ1) is 7.72. The highest BCUT2D eigenvalue weighted by Gasteiger charge is 2.09. The Hall–Kier alpha value is -2.28. The Kier molecular flexibility index (Phi) is 2.61. The first-order valence-electron chi connectivity index (χ1n) is 4.58. The topological polar surface area (TPSA) is 113 Å². The van der Waals surface area contributed by atoms with E-state index < -0.39 is 5.91 Å². The molecule has 0 atom stereocenters. The molecule has 1 amide bonds. The molecule has 16 heavy (non-hydrogen) atoms. The van der Waals surface area contributed by atoms with Gasteiger partial charge in [-0.2, -0.15) is 5.10 Å². The second kappa shape index (κ2) is 4.07. The van der Waals surface area contributed by atoms with Crippen LogP contribution in [-0.2, 0) is 6.54 Å². The van der Waals surface area contributed by atoms with Gasteiger partial charge in [0.15, 0.2) is 5.82 Å². The van der Waals surface area contributed by atoms with E-state index >= 15 is 0 Å². The van der Waals surface area contributed by atoms with Crippen LogP contribution in [0.4, 0.5) is 0 Å². The van der Waals surface area contributed by atoms with Crippen LogP contribution in [0.1, 0.15) is 16.2 Å². The number of amides is 1. The van der Waals surface area contributed by atoms with Crippen molar-refractivity contribution in [3.63, 3.8) is 0 Å². The summed E-state index contributed by atoms with van der Waals surface area (Å²) >= 11 is 0. The van der Waals surface area contributed by atoms with Crippen molar-refractivity contribution in [2.75, 3.05) is 0 Å². The van der Waals surface area contributed by atoms with Crippen LogP contribution in [0.2, 0.25) is 0 Å². The molecule has 4 N–H and O–H groups in total. The fourth-order valence-corrected chi connectivity index (χ4v) is 1.27. The Morgan fingerprint density at radius 3 is 2.75 bits per heavy atom. The molecule has 2 aromatic heterocycles. The maximum absolute atomic E-state index is 10.9. The molecule has 0 spiro atoms. The molecule has 0 saturated heterocycles. The maximum atomic E-state index is 10.9. The maximum Gasteiger partial charge on any atom is 0.269 e. The van der Waals surface area contributed by atoms with Crippen LogP contribution in [-0.4, -0.2) is 25.7 Å². The largest absolute Gasteiger partial charge is 0.364 e. The number of hydrogen-bond acceptors (Lipinski definition) is 5. The van der Waals surface area contributed by atoms with Crippen molar-refractivity contribution >= 4 is 5.91 Å². The summed E-state index contributed by atoms with van der Waals surface area (Å²) in [6.45, 7) is 0.245. The lowest BCUT2D eigenvalue weighted by molar-refractivity contribution is 0.0995. The highest BCUT2D eigenvalue weighted by atomic mass is 16.1. The smallest absolute Gasteiger partial charge is 0.269 e. The molecular weight excluding hydrogens is 208 g/mol. The van der Waals surface area contributed by atoms with Crippen molar-refractivity contribution in [1.29, 1.82) is 0 Å². The van der Waals surface area contributed by atoms with Crippen LogP contribution in [0.3, 0.4) is 0 Å². The van der Waals surface area contributed by atoms with Gasteiger partial charge in [-0.1, -0.05) is 0 Å². The molecular formula is C9H10N6O. The van der Waals surface area contributed by atoms with Gasteiger partial charge < -0.3 is 11.5 Å². The molecule has 0 radical (unpaired) electrons. The van der Waals surface area contributed by atoms with Crippen LogP contribution >= 0.6 is 0 Å². The first-order valence-corrected chi connectivity index (χ1v) is 4.58. The number of carbonyl (C=O) groups is 1. The number of nitrogens with two attached hydrogens (primary N) is 2. The van der Waals surface area contributed by atoms with Gasteiger partial charge >= 0.3 is 0 Å². The van der Waals surface area contributed by atoms with Gasteiger partial charge in [-0.05, 0) is 6.07 Å². The molecule has 0 aliphatic carbocycles. The van der Waals surface area contributed by atoms with E-state index in [0.29, 0.717) is 11.5 Å². The molecule has 7 nitrogen and oxygen atoms in total. The summed E-state index contributed by atoms with van der Waals surface area (Å²) in [6, 6.07) is 1.51. The van der Waals surface area contributed by atoms with Crippen LogP contribution < -0.4 is 11.5 Å². The number of rotatable bonds is 3. The summed E-state index contributed by atoms with van der Waals surface area (Å²) in [5.74, 6) is -0.0885. The predicted molar refractivity (Wildman–Crippen MR) is 55.6 cm³/mol. The van der Waals surface area contributed by atoms with E-state index in [9.17, 15) is 4.79 Å². The van der Waals surface area contributed by atoms with E-state index in [1.165, 1.54) is 16.9 Å². The number of primary amides is 1. The molecule has 2 heterocycles. The van der Waals surface area contributed by atoms with E-state index in [0.717, 1.165) is 0 Å². The van der Waals surface area contributed by atoms with Gasteiger partial charge in [0.2, 0.25) is 0 Å². The lowest BCUT2D eigenvalue weighted by atomic mass is 10.4. The minimum absolute atomic E-state index is 0.175. The molecule has 2 rings (SSSR count). The summed E-state index contributed by atoms with van der Waals surface area (Å²) in [4.78, 5) is 19.0. The molecule has 0 aliphatic heterocycles. The minimum Gasteiger partial charge on any atom is -0.364 e. The predicted octanol–water partition coefficient (Wildman–Crippen LogP) is -0.780. The van der Waals surface area contributed by atoms with Gasteiger partial charge in [0.1, 0.15) is 5.69 Å². The van der Waals surface area contributed by atoms with Crippen molar-refractivity contribution in [3.8, 4) is 5.82 Å². The Labute approximate surface area is 91.1 Å². The fourth-order valence-electron chi connectivity index (χ4n) is 1.27. The monoisotopic (exact) mass is 218 g/mol. The standard InChI is InChI=1S/C9H10N6O/c10-5-7-9(13-3-2-12-7)15-4-1-6(14-15)8(11)16/h1-4H,5,10H2,(H2,11,16). The molecule has 2 aromatic rings. The Balaban J connectivity index is 2.46. The molecule has 7 heteroatoms. The van der Waals surface area contributed by atoms with Crippen molar-refractivity contribution in [1.82, 2.24) is 19.7 Å². The zero-order valence-electron chi connectivity index (χ0n) is 8.37. The van der Waals surface area contributed by atoms with E-state index in [1.807, 2.05) is 0 Å². The summed E-state index contributed by atoms with van der Waals surface area (Å²) in [6.07, 6.45) is 4.66. The lowest BCUT2D eigenvalue weighted by Gasteiger charge is -2.04. The molecule has 0 aromatic carbocycles. The third-order valence-corrected chi connectivity index (χ3v) is 2.00. The summed E-state index contributed by atoms with van der Waals surface area (Å²) < 4.78 is 1.43. The third kappa shape index (κ3) is 1.75. The Bertz CT molecular complexity index is 520. The number of carbonyl (C=O) groups excluding carboxylic acids is 1. The summed E-state index contributed by atoms with van der Waals surface area (Å²) in [5.41, 5.74) is 11.4. The molecule has 0 saturated carbocycles. The van der Waals surface area contributed by atoms with Crippen molar-refractivity contribution < 1.29 is 4.79 Å². The van der Waals surface area contributed by atoms with Gasteiger partial charge in [0.25, 0.3) is 5.91 Å². The quantitative estimate of drug-likeness (QED) is 0.701. The molecule has 0 fully saturated rings. The second-order valence-electron chi connectivity index (χ2n) is 3.04. The van der Waals surface area contributed by atoms with Gasteiger partial charge in [-0.25, -0.2) is 9.67 Å². The fraction of sp³-hybridized carbons (Fsp3) is 0.111. The Morgan fingerprint density at radius 2 is 2.12 bits per heavy atom. The number of aromatic nitrogens is 4. The van der Waals surface area contributed by atoms with E-state index in [1.54, 1.807) is 12.4 Å². The SMILES string of the molecule is NCc1nccnc1-n1ccc(C(N)=O)n1. The van der Waals surface area contributed by atoms with Crippen LogP contribution in [0.25, 0.3) is 5.82 Å². The van der Waals surface area contributed by atoms with Crippen molar-refractivity contribution in [3.05, 3.63) is 36.0 Å². The van der Waals surface area contributed by atoms with Crippen LogP contribution in [0.15, 0.2) is 24.7 Å². The minimum atomic E-state index is -0.586. The first kappa shape index (κ1) is 10.2. The van der Waals surface area contributed by atoms with Gasteiger partial charge in [-0.3, -0.25) is 9.78 Å². The second-order valence-corrected chi connectivity index (χ2v) is 3.04. The van der Waals surface area contributed by atoms with Gasteiger partial charge in [-0.15, -0.1) is 0 Å². The zero-order valence-corrected chi connectivity index (χ0v) is 8.37. The average molecular weight is 218 g/mol. The lowest BCUT2D eigenvalue weighted by Crippen LogP contribution is -2.13. The average Bonchev–Trinajstić information content (AvgIpc) is 2.78. The van der Waals surface area contributed by atoms with Crippen LogP contribution in [0, 0.1) is 0 Å². The van der Waals surface area contributed by atoms with Crippen LogP contribution in [0.5, 0.6) is 0 Å². The normalized spacial score (nSPS) is 10.3. The zero-order chi connectivity index (χ0) is 11.5. The van der Waals surface area contributed by atoms with Crippen molar-refractivity contribution in [2.45, 2.75) is 6.54 Å². The molecule has 82 valence electrons. The number of hydrogen-bond donors (Lipinski definition) is 2. The molecule has 0 bridgehead atoms. The van der Waals surface area contributed by atoms with E-state index in [2.05, 4.69) is 15.1 Å². The highest BCUT2D eigenvalue weighted by Crippen LogP contribution is 2.07. The van der Waals surface area contributed by atoms with Crippen molar-refractivity contribution in [2.24, 2.45) is 11.5 Å². The van der Waals surface area contributed by atoms with E-state index in [4.69, 9.17) is 11.5 Å². The third-order valence-electron chi connectivity index (χ3n) is 2.00. The Morgan fingerprint density at radius 1 is 1.38 bits per heavy atom. The van der Waals surface area contributed by atoms with Gasteiger partial charge in [0, 0.05) is 25.1 Å². The summed E-state index contributed by atoms with van der Waals surface area (Å²) in [7, 11) is 0. The molecule has 0 unspecified atom stereocenters. The molecule has 0 aliphatic rings. The van der Waals surface area contributed by atoms with E-state index in [-0.39, 0.29) is 12.2 Å². The van der Waals surface area contributed by atoms with Gasteiger partial charge in [0.05, 0.1) is 5.69 Å². The number of nitrogens with zero attached hydrogens (tertiary/aromatic N) is 4. The summed E-state index contributed by atoms with van der Waals surface area (Å²) in [5, 5.41) is 3.97. The highest BCUT2D eigenvalue weighted by molar-refractivity contribution is 5.90.